The molecule has 0 aliphatic carbocycles. The molecule has 30 heavy (non-hydrogen) atoms. The van der Waals surface area contributed by atoms with E-state index in [1.165, 1.54) is 0 Å². The van der Waals surface area contributed by atoms with Crippen molar-refractivity contribution in [2.24, 2.45) is 5.92 Å². The summed E-state index contributed by atoms with van der Waals surface area (Å²) in [6, 6.07) is 6.04. The predicted molar refractivity (Wildman–Crippen MR) is 119 cm³/mol. The zero-order valence-electron chi connectivity index (χ0n) is 18.4. The van der Waals surface area contributed by atoms with Gasteiger partial charge in [-0.15, -0.1) is 0 Å². The number of nitriles is 1. The van der Waals surface area contributed by atoms with Gasteiger partial charge in [-0.25, -0.2) is 9.67 Å². The molecule has 3 aromatic heterocycles. The Morgan fingerprint density at radius 1 is 1.23 bits per heavy atom. The molecule has 0 aliphatic heterocycles. The van der Waals surface area contributed by atoms with Gasteiger partial charge >= 0.3 is 0 Å². The van der Waals surface area contributed by atoms with Gasteiger partial charge < -0.3 is 9.88 Å². The van der Waals surface area contributed by atoms with Gasteiger partial charge in [-0.3, -0.25) is 4.79 Å². The molecule has 0 radical (unpaired) electrons. The summed E-state index contributed by atoms with van der Waals surface area (Å²) in [4.78, 5) is 17.1. The average Bonchev–Trinajstić information content (AvgIpc) is 3.21. The molecule has 156 valence electrons. The van der Waals surface area contributed by atoms with E-state index in [2.05, 4.69) is 33.8 Å². The second kappa shape index (κ2) is 8.54. The lowest BCUT2D eigenvalue weighted by atomic mass is 10.1. The van der Waals surface area contributed by atoms with E-state index in [1.54, 1.807) is 18.5 Å². The van der Waals surface area contributed by atoms with E-state index in [0.29, 0.717) is 11.6 Å². The number of fused-ring (bicyclic) bond motifs is 1. The second-order valence-corrected chi connectivity index (χ2v) is 8.27. The molecule has 7 heteroatoms. The van der Waals surface area contributed by atoms with Crippen molar-refractivity contribution in [3.63, 3.8) is 0 Å². The van der Waals surface area contributed by atoms with Crippen LogP contribution in [0.2, 0.25) is 0 Å². The van der Waals surface area contributed by atoms with Crippen molar-refractivity contribution in [3.8, 4) is 6.07 Å². The Kier molecular flexibility index (Phi) is 6.06. The molecule has 0 fully saturated rings. The number of aromatic nitrogens is 4. The third-order valence-electron chi connectivity index (χ3n) is 5.01. The SMILES string of the molecule is Cc1cc(/C=C(\C#N)C(=O)Nc2cnc3c(cnn3C(C)C)c2)c(C)n1CC(C)C. The van der Waals surface area contributed by atoms with E-state index in [0.717, 1.165) is 34.5 Å². The van der Waals surface area contributed by atoms with Gasteiger partial charge in [0.15, 0.2) is 5.65 Å². The standard InChI is InChI=1S/C23H28N6O/c1-14(2)13-28-16(5)7-18(17(28)6)8-19(10-24)23(30)27-21-9-20-11-26-29(15(3)4)22(20)25-12-21/h7-9,11-12,14-15H,13H2,1-6H3,(H,27,30)/b19-8+. The fraction of sp³-hybridized carbons (Fsp3) is 0.391. The minimum absolute atomic E-state index is 0.0535. The summed E-state index contributed by atoms with van der Waals surface area (Å²) in [5.41, 5.74) is 4.39. The van der Waals surface area contributed by atoms with Gasteiger partial charge in [0.05, 0.1) is 18.1 Å². The summed E-state index contributed by atoms with van der Waals surface area (Å²) in [5, 5.41) is 17.5. The molecule has 0 saturated heterocycles. The van der Waals surface area contributed by atoms with Crippen LogP contribution in [0.15, 0.2) is 30.1 Å². The third kappa shape index (κ3) is 4.28. The average molecular weight is 405 g/mol. The maximum atomic E-state index is 12.7. The van der Waals surface area contributed by atoms with Gasteiger partial charge in [-0.1, -0.05) is 13.8 Å². The van der Waals surface area contributed by atoms with E-state index in [9.17, 15) is 10.1 Å². The molecule has 0 aliphatic rings. The Morgan fingerprint density at radius 2 is 1.97 bits per heavy atom. The normalized spacial score (nSPS) is 12.0. The quantitative estimate of drug-likeness (QED) is 0.479. The highest BCUT2D eigenvalue weighted by molar-refractivity contribution is 6.10. The van der Waals surface area contributed by atoms with E-state index < -0.39 is 5.91 Å². The van der Waals surface area contributed by atoms with Crippen molar-refractivity contribution < 1.29 is 4.79 Å². The molecule has 0 unspecified atom stereocenters. The van der Waals surface area contributed by atoms with Crippen molar-refractivity contribution in [3.05, 3.63) is 47.1 Å². The van der Waals surface area contributed by atoms with Crippen LogP contribution in [0.1, 0.15) is 50.7 Å². The lowest BCUT2D eigenvalue weighted by molar-refractivity contribution is -0.112. The molecule has 3 aromatic rings. The van der Waals surface area contributed by atoms with Gasteiger partial charge in [0.2, 0.25) is 0 Å². The van der Waals surface area contributed by atoms with Gasteiger partial charge in [-0.2, -0.15) is 10.4 Å². The largest absolute Gasteiger partial charge is 0.348 e. The van der Waals surface area contributed by atoms with Crippen LogP contribution in [-0.2, 0) is 11.3 Å². The molecule has 0 spiro atoms. The van der Waals surface area contributed by atoms with Crippen molar-refractivity contribution >= 4 is 28.7 Å². The maximum Gasteiger partial charge on any atom is 0.266 e. The summed E-state index contributed by atoms with van der Waals surface area (Å²) >= 11 is 0. The number of carbonyl (C=O) groups is 1. The van der Waals surface area contributed by atoms with Crippen molar-refractivity contribution in [1.82, 2.24) is 19.3 Å². The van der Waals surface area contributed by atoms with E-state index in [-0.39, 0.29) is 11.6 Å². The Bertz CT molecular complexity index is 1160. The number of anilines is 1. The van der Waals surface area contributed by atoms with Crippen molar-refractivity contribution in [2.75, 3.05) is 5.32 Å². The lowest BCUT2D eigenvalue weighted by Gasteiger charge is -2.12. The smallest absolute Gasteiger partial charge is 0.266 e. The fourth-order valence-corrected chi connectivity index (χ4v) is 3.51. The van der Waals surface area contributed by atoms with Gasteiger partial charge in [0.1, 0.15) is 11.6 Å². The lowest BCUT2D eigenvalue weighted by Crippen LogP contribution is -2.14. The molecule has 3 rings (SSSR count). The Hall–Kier alpha value is -3.40. The van der Waals surface area contributed by atoms with Crippen LogP contribution < -0.4 is 5.32 Å². The van der Waals surface area contributed by atoms with Crippen LogP contribution in [0.5, 0.6) is 0 Å². The number of hydrogen-bond donors (Lipinski definition) is 1. The van der Waals surface area contributed by atoms with E-state index >= 15 is 0 Å². The molecular formula is C23H28N6O. The number of pyridine rings is 1. The van der Waals surface area contributed by atoms with Crippen LogP contribution >= 0.6 is 0 Å². The van der Waals surface area contributed by atoms with Gasteiger partial charge in [0.25, 0.3) is 5.91 Å². The number of aryl methyl sites for hydroxylation is 1. The van der Waals surface area contributed by atoms with Gasteiger partial charge in [-0.05, 0) is 57.4 Å². The number of nitrogens with zero attached hydrogens (tertiary/aromatic N) is 5. The number of amides is 1. The Morgan fingerprint density at radius 3 is 2.60 bits per heavy atom. The molecule has 1 N–H and O–H groups in total. The summed E-state index contributed by atoms with van der Waals surface area (Å²) in [6.45, 7) is 13.3. The first kappa shape index (κ1) is 21.3. The highest BCUT2D eigenvalue weighted by Crippen LogP contribution is 2.22. The summed E-state index contributed by atoms with van der Waals surface area (Å²) in [5.74, 6) is 0.0522. The van der Waals surface area contributed by atoms with Crippen molar-refractivity contribution in [2.45, 2.75) is 54.1 Å². The second-order valence-electron chi connectivity index (χ2n) is 8.27. The molecule has 7 nitrogen and oxygen atoms in total. The highest BCUT2D eigenvalue weighted by Gasteiger charge is 2.15. The summed E-state index contributed by atoms with van der Waals surface area (Å²) in [6.07, 6.45) is 4.96. The summed E-state index contributed by atoms with van der Waals surface area (Å²) < 4.78 is 4.04. The van der Waals surface area contributed by atoms with Crippen LogP contribution in [0.3, 0.4) is 0 Å². The summed E-state index contributed by atoms with van der Waals surface area (Å²) in [7, 11) is 0. The number of nitrogens with one attached hydrogen (secondary N) is 1. The fourth-order valence-electron chi connectivity index (χ4n) is 3.51. The molecule has 0 saturated carbocycles. The minimum atomic E-state index is -0.455. The molecule has 0 atom stereocenters. The molecule has 0 aromatic carbocycles. The van der Waals surface area contributed by atoms with Gasteiger partial charge in [0, 0.05) is 29.4 Å². The van der Waals surface area contributed by atoms with Crippen LogP contribution in [0, 0.1) is 31.1 Å². The zero-order chi connectivity index (χ0) is 22.0. The Labute approximate surface area is 177 Å². The Balaban J connectivity index is 1.85. The van der Waals surface area contributed by atoms with E-state index in [4.69, 9.17) is 0 Å². The van der Waals surface area contributed by atoms with E-state index in [1.807, 2.05) is 50.6 Å². The molecule has 3 heterocycles. The topological polar surface area (TPSA) is 88.5 Å². The number of carbonyl (C=O) groups excluding carboxylic acids is 1. The first-order valence-electron chi connectivity index (χ1n) is 10.1. The highest BCUT2D eigenvalue weighted by atomic mass is 16.1. The van der Waals surface area contributed by atoms with Crippen LogP contribution in [0.25, 0.3) is 17.1 Å². The zero-order valence-corrected chi connectivity index (χ0v) is 18.4. The molecular weight excluding hydrogens is 376 g/mol. The number of rotatable bonds is 6. The van der Waals surface area contributed by atoms with Crippen molar-refractivity contribution in [1.29, 1.82) is 5.26 Å². The molecule has 0 bridgehead atoms. The maximum absolute atomic E-state index is 12.7. The molecule has 1 amide bonds. The minimum Gasteiger partial charge on any atom is -0.348 e. The third-order valence-corrected chi connectivity index (χ3v) is 5.01. The predicted octanol–water partition coefficient (Wildman–Crippen LogP) is 4.63. The monoisotopic (exact) mass is 404 g/mol. The first-order chi connectivity index (χ1) is 14.2. The van der Waals surface area contributed by atoms with Crippen LogP contribution in [-0.4, -0.2) is 25.2 Å². The van der Waals surface area contributed by atoms with Crippen LogP contribution in [0.4, 0.5) is 5.69 Å². The first-order valence-corrected chi connectivity index (χ1v) is 10.1. The number of hydrogen-bond acceptors (Lipinski definition) is 4.